The van der Waals surface area contributed by atoms with E-state index in [1.165, 1.54) is 5.32 Å². The minimum absolute atomic E-state index is 0.00175. The van der Waals surface area contributed by atoms with Gasteiger partial charge in [0, 0.05) is 23.1 Å². The number of carbonyl (C=O) groups is 1. The number of alkyl halides is 9. The van der Waals surface area contributed by atoms with Gasteiger partial charge in [-0.25, -0.2) is 13.2 Å². The Bertz CT molecular complexity index is 1360. The van der Waals surface area contributed by atoms with E-state index in [4.69, 9.17) is 4.52 Å². The van der Waals surface area contributed by atoms with Crippen LogP contribution in [0.15, 0.2) is 53.1 Å². The van der Waals surface area contributed by atoms with Gasteiger partial charge in [-0.05, 0) is 48.7 Å². The number of amides is 1. The first-order chi connectivity index (χ1) is 17.7. The number of benzene rings is 2. The SMILES string of the molecule is O=C(/C=C/c1ccc(-c2noc(C3CC3)n2)c(C(F)(F)F)c1)NC(F)(c1cccc(C(F)(F)F)c1)C(F)F. The van der Waals surface area contributed by atoms with Crippen molar-refractivity contribution in [3.8, 4) is 11.4 Å². The minimum atomic E-state index is -4.97. The fourth-order valence-electron chi connectivity index (χ4n) is 3.50. The van der Waals surface area contributed by atoms with Crippen molar-refractivity contribution in [3.05, 3.63) is 76.7 Å². The summed E-state index contributed by atoms with van der Waals surface area (Å²) in [5.41, 5.74) is -4.39. The summed E-state index contributed by atoms with van der Waals surface area (Å²) in [5, 5.41) is 4.88. The maximum Gasteiger partial charge on any atom is 0.417 e. The van der Waals surface area contributed by atoms with Crippen molar-refractivity contribution < 1.29 is 48.8 Å². The molecule has 0 radical (unpaired) electrons. The predicted octanol–water partition coefficient (Wildman–Crippen LogP) is 6.87. The zero-order valence-electron chi connectivity index (χ0n) is 18.9. The highest BCUT2D eigenvalue weighted by molar-refractivity contribution is 5.92. The number of nitrogens with zero attached hydrogens (tertiary/aromatic N) is 2. The van der Waals surface area contributed by atoms with Gasteiger partial charge < -0.3 is 9.84 Å². The zero-order chi connectivity index (χ0) is 27.9. The molecule has 3 aromatic rings. The molecule has 1 aliphatic carbocycles. The van der Waals surface area contributed by atoms with Crippen LogP contribution in [0.3, 0.4) is 0 Å². The Morgan fingerprint density at radius 2 is 1.66 bits per heavy atom. The summed E-state index contributed by atoms with van der Waals surface area (Å²) in [6, 6.07) is 4.76. The summed E-state index contributed by atoms with van der Waals surface area (Å²) in [4.78, 5) is 16.2. The van der Waals surface area contributed by atoms with Crippen molar-refractivity contribution >= 4 is 12.0 Å². The van der Waals surface area contributed by atoms with Crippen molar-refractivity contribution in [2.45, 2.75) is 43.3 Å². The summed E-state index contributed by atoms with van der Waals surface area (Å²) in [6.07, 6.45) is -11.0. The zero-order valence-corrected chi connectivity index (χ0v) is 18.9. The molecule has 1 amide bonds. The van der Waals surface area contributed by atoms with Crippen molar-refractivity contribution in [1.29, 1.82) is 0 Å². The van der Waals surface area contributed by atoms with Gasteiger partial charge in [0.1, 0.15) is 0 Å². The van der Waals surface area contributed by atoms with Gasteiger partial charge >= 0.3 is 12.4 Å². The van der Waals surface area contributed by atoms with Gasteiger partial charge in [0.25, 0.3) is 12.2 Å². The normalized spacial score (nSPS) is 16.2. The van der Waals surface area contributed by atoms with Crippen molar-refractivity contribution in [2.24, 2.45) is 0 Å². The van der Waals surface area contributed by atoms with Crippen LogP contribution in [0, 0.1) is 0 Å². The topological polar surface area (TPSA) is 68.0 Å². The molecule has 1 saturated carbocycles. The smallest absolute Gasteiger partial charge is 0.339 e. The Balaban J connectivity index is 1.58. The molecule has 1 fully saturated rings. The molecule has 202 valence electrons. The molecule has 0 bridgehead atoms. The third kappa shape index (κ3) is 5.83. The fraction of sp³-hybridized carbons (Fsp3) is 0.292. The lowest BCUT2D eigenvalue weighted by atomic mass is 10.0. The van der Waals surface area contributed by atoms with Crippen LogP contribution in [0.25, 0.3) is 17.5 Å². The molecule has 1 N–H and O–H groups in total. The Labute approximate surface area is 208 Å². The number of rotatable bonds is 7. The van der Waals surface area contributed by atoms with E-state index < -0.39 is 52.7 Å². The predicted molar refractivity (Wildman–Crippen MR) is 114 cm³/mol. The van der Waals surface area contributed by atoms with Crippen LogP contribution in [0.2, 0.25) is 0 Å². The summed E-state index contributed by atoms with van der Waals surface area (Å²) in [6.45, 7) is 0. The summed E-state index contributed by atoms with van der Waals surface area (Å²) < 4.78 is 127. The lowest BCUT2D eigenvalue weighted by Crippen LogP contribution is -2.47. The van der Waals surface area contributed by atoms with E-state index in [9.17, 15) is 39.9 Å². The maximum atomic E-state index is 15.1. The molecular formula is C24H16F9N3O2. The highest BCUT2D eigenvalue weighted by Crippen LogP contribution is 2.41. The molecule has 5 nitrogen and oxygen atoms in total. The Morgan fingerprint density at radius 1 is 0.974 bits per heavy atom. The van der Waals surface area contributed by atoms with Crippen molar-refractivity contribution in [2.75, 3.05) is 0 Å². The standard InChI is InChI=1S/C24H16F9N3O2/c25-21(26)22(27,14-2-1-3-15(11-14)23(28,29)30)35-18(37)9-5-12-4-8-16(17(10-12)24(31,32)33)19-34-20(38-36-19)13-6-7-13/h1-5,8-11,13,21H,6-7H2,(H,35,37)/b9-5+. The van der Waals surface area contributed by atoms with Crippen molar-refractivity contribution in [1.82, 2.24) is 15.5 Å². The Kier molecular flexibility index (Phi) is 7.01. The van der Waals surface area contributed by atoms with Crippen LogP contribution in [0.1, 0.15) is 46.9 Å². The molecular weight excluding hydrogens is 533 g/mol. The lowest BCUT2D eigenvalue weighted by Gasteiger charge is -2.26. The second-order valence-corrected chi connectivity index (χ2v) is 8.45. The minimum Gasteiger partial charge on any atom is -0.339 e. The van der Waals surface area contributed by atoms with Gasteiger partial charge in [-0.1, -0.05) is 23.4 Å². The summed E-state index contributed by atoms with van der Waals surface area (Å²) >= 11 is 0. The fourth-order valence-corrected chi connectivity index (χ4v) is 3.50. The van der Waals surface area contributed by atoms with E-state index in [0.717, 1.165) is 31.1 Å². The quantitative estimate of drug-likeness (QED) is 0.199. The lowest BCUT2D eigenvalue weighted by molar-refractivity contribution is -0.138. The average molecular weight is 549 g/mol. The third-order valence-electron chi connectivity index (χ3n) is 5.60. The number of hydrogen-bond donors (Lipinski definition) is 1. The van der Waals surface area contributed by atoms with E-state index >= 15 is 4.39 Å². The van der Waals surface area contributed by atoms with Crippen LogP contribution >= 0.6 is 0 Å². The monoisotopic (exact) mass is 549 g/mol. The number of nitrogens with one attached hydrogen (secondary N) is 1. The van der Waals surface area contributed by atoms with Crippen LogP contribution < -0.4 is 5.32 Å². The molecule has 0 aliphatic heterocycles. The van der Waals surface area contributed by atoms with Gasteiger partial charge in [-0.3, -0.25) is 4.79 Å². The second-order valence-electron chi connectivity index (χ2n) is 8.45. The van der Waals surface area contributed by atoms with Crippen LogP contribution in [0.5, 0.6) is 0 Å². The van der Waals surface area contributed by atoms with Gasteiger partial charge in [0.05, 0.1) is 11.1 Å². The average Bonchev–Trinajstić information content (AvgIpc) is 3.58. The molecule has 1 unspecified atom stereocenters. The highest BCUT2D eigenvalue weighted by Gasteiger charge is 2.45. The van der Waals surface area contributed by atoms with E-state index in [1.54, 1.807) is 0 Å². The van der Waals surface area contributed by atoms with Gasteiger partial charge in [0.2, 0.25) is 17.6 Å². The Morgan fingerprint density at radius 3 is 2.26 bits per heavy atom. The number of aromatic nitrogens is 2. The molecule has 2 aromatic carbocycles. The molecule has 4 rings (SSSR count). The second kappa shape index (κ2) is 9.80. The maximum absolute atomic E-state index is 15.1. The van der Waals surface area contributed by atoms with E-state index in [1.807, 2.05) is 0 Å². The first-order valence-corrected chi connectivity index (χ1v) is 10.9. The number of hydrogen-bond acceptors (Lipinski definition) is 4. The first kappa shape index (κ1) is 27.2. The van der Waals surface area contributed by atoms with E-state index in [-0.39, 0.29) is 29.3 Å². The molecule has 1 aromatic heterocycles. The number of carbonyl (C=O) groups excluding carboxylic acids is 1. The van der Waals surface area contributed by atoms with Gasteiger partial charge in [-0.15, -0.1) is 0 Å². The Hall–Kier alpha value is -3.84. The van der Waals surface area contributed by atoms with Gasteiger partial charge in [0.15, 0.2) is 0 Å². The molecule has 38 heavy (non-hydrogen) atoms. The molecule has 1 atom stereocenters. The van der Waals surface area contributed by atoms with Crippen LogP contribution in [-0.2, 0) is 22.9 Å². The van der Waals surface area contributed by atoms with E-state index in [2.05, 4.69) is 10.1 Å². The third-order valence-corrected chi connectivity index (χ3v) is 5.60. The first-order valence-electron chi connectivity index (χ1n) is 10.9. The van der Waals surface area contributed by atoms with Crippen molar-refractivity contribution in [3.63, 3.8) is 0 Å². The summed E-state index contributed by atoms with van der Waals surface area (Å²) in [5.74, 6) is -5.63. The summed E-state index contributed by atoms with van der Waals surface area (Å²) in [7, 11) is 0. The van der Waals surface area contributed by atoms with Crippen LogP contribution in [0.4, 0.5) is 39.5 Å². The molecule has 14 heteroatoms. The molecule has 1 heterocycles. The molecule has 0 saturated heterocycles. The highest BCUT2D eigenvalue weighted by atomic mass is 19.4. The largest absolute Gasteiger partial charge is 0.417 e. The molecule has 1 aliphatic rings. The van der Waals surface area contributed by atoms with Gasteiger partial charge in [-0.2, -0.15) is 31.3 Å². The molecule has 0 spiro atoms. The van der Waals surface area contributed by atoms with Crippen LogP contribution in [-0.4, -0.2) is 22.5 Å². The van der Waals surface area contributed by atoms with E-state index in [0.29, 0.717) is 30.3 Å². The number of halogens is 9.